The van der Waals surface area contributed by atoms with Crippen molar-refractivity contribution in [3.8, 4) is 5.75 Å². The van der Waals surface area contributed by atoms with E-state index in [1.807, 2.05) is 12.1 Å². The number of carbonyl (C=O) groups is 3. The molecule has 3 rings (SSSR count). The Morgan fingerprint density at radius 3 is 2.37 bits per heavy atom. The van der Waals surface area contributed by atoms with Crippen molar-refractivity contribution < 1.29 is 19.1 Å². The van der Waals surface area contributed by atoms with Crippen LogP contribution in [0.15, 0.2) is 48.5 Å². The highest BCUT2D eigenvalue weighted by molar-refractivity contribution is 5.93. The molecule has 2 amide bonds. The van der Waals surface area contributed by atoms with E-state index in [1.165, 1.54) is 4.90 Å². The fourth-order valence-electron chi connectivity index (χ4n) is 3.29. The van der Waals surface area contributed by atoms with E-state index in [9.17, 15) is 14.4 Å². The predicted molar refractivity (Wildman–Crippen MR) is 111 cm³/mol. The zero-order valence-corrected chi connectivity index (χ0v) is 16.3. The molecule has 0 radical (unpaired) electrons. The minimum Gasteiger partial charge on any atom is -0.423 e. The highest BCUT2D eigenvalue weighted by atomic mass is 16.5. The number of ether oxygens (including phenoxy) is 1. The first-order chi connectivity index (χ1) is 14.3. The van der Waals surface area contributed by atoms with Gasteiger partial charge in [-0.15, -0.1) is 0 Å². The van der Waals surface area contributed by atoms with Crippen molar-refractivity contribution >= 4 is 29.4 Å². The van der Waals surface area contributed by atoms with Gasteiger partial charge in [0, 0.05) is 18.7 Å². The Morgan fingerprint density at radius 1 is 1.10 bits per heavy atom. The molecule has 9 nitrogen and oxygen atoms in total. The van der Waals surface area contributed by atoms with E-state index in [0.717, 1.165) is 5.56 Å². The Bertz CT molecular complexity index is 956. The normalized spacial score (nSPS) is 15.7. The van der Waals surface area contributed by atoms with Crippen LogP contribution in [-0.4, -0.2) is 41.2 Å². The number of nitrogens with zero attached hydrogens (tertiary/aromatic N) is 1. The molecule has 2 aromatic carbocycles. The Kier molecular flexibility index (Phi) is 6.31. The van der Waals surface area contributed by atoms with E-state index >= 15 is 0 Å². The lowest BCUT2D eigenvalue weighted by Gasteiger charge is -2.22. The number of hydrogen-bond donors (Lipinski definition) is 4. The summed E-state index contributed by atoms with van der Waals surface area (Å²) >= 11 is 0. The molecule has 1 heterocycles. The van der Waals surface area contributed by atoms with Crippen molar-refractivity contribution in [2.45, 2.75) is 25.3 Å². The molecule has 2 aromatic rings. The molecule has 1 unspecified atom stereocenters. The number of benzene rings is 2. The number of anilines is 1. The molecule has 0 saturated carbocycles. The fraction of sp³-hybridized carbons (Fsp3) is 0.238. The molecule has 9 heteroatoms. The minimum atomic E-state index is -0.533. The second-order valence-corrected chi connectivity index (χ2v) is 6.94. The van der Waals surface area contributed by atoms with Gasteiger partial charge in [-0.2, -0.15) is 0 Å². The smallest absolute Gasteiger partial charge is 0.343 e. The van der Waals surface area contributed by atoms with Crippen molar-refractivity contribution in [2.24, 2.45) is 11.5 Å². The van der Waals surface area contributed by atoms with Crippen LogP contribution < -0.4 is 21.5 Å². The minimum absolute atomic E-state index is 0.0612. The highest BCUT2D eigenvalue weighted by Gasteiger charge is 2.34. The molecule has 1 aliphatic rings. The number of nitrogens with two attached hydrogens (primary N) is 2. The van der Waals surface area contributed by atoms with Gasteiger partial charge < -0.3 is 26.4 Å². The molecule has 156 valence electrons. The summed E-state index contributed by atoms with van der Waals surface area (Å²) in [5.41, 5.74) is 12.5. The zero-order valence-electron chi connectivity index (χ0n) is 16.3. The summed E-state index contributed by atoms with van der Waals surface area (Å²) in [6.45, 7) is 0.409. The van der Waals surface area contributed by atoms with Crippen molar-refractivity contribution in [1.29, 1.82) is 5.41 Å². The average molecular weight is 409 g/mol. The number of primary amides is 1. The first kappa shape index (κ1) is 20.8. The number of nitrogens with one attached hydrogen (secondary N) is 2. The Labute approximate surface area is 173 Å². The van der Waals surface area contributed by atoms with Crippen LogP contribution in [-0.2, 0) is 16.0 Å². The van der Waals surface area contributed by atoms with Gasteiger partial charge in [0.05, 0.1) is 5.56 Å². The van der Waals surface area contributed by atoms with Crippen LogP contribution in [0.1, 0.15) is 28.8 Å². The standard InChI is InChI=1S/C21H23N5O4/c22-19(28)17-9-10-18(27)26(17)12-11-13-1-7-16(8-2-13)30-20(29)14-3-5-15(6-4-14)25-21(23)24/h1-8,17H,9-12H2,(H2,22,28)(H4,23,24,25). The van der Waals surface area contributed by atoms with Gasteiger partial charge in [0.2, 0.25) is 11.8 Å². The van der Waals surface area contributed by atoms with Crippen LogP contribution in [0.4, 0.5) is 5.69 Å². The molecule has 1 atom stereocenters. The van der Waals surface area contributed by atoms with Crippen LogP contribution in [0.5, 0.6) is 5.75 Å². The summed E-state index contributed by atoms with van der Waals surface area (Å²) < 4.78 is 5.37. The van der Waals surface area contributed by atoms with Crippen LogP contribution in [0.2, 0.25) is 0 Å². The van der Waals surface area contributed by atoms with E-state index in [1.54, 1.807) is 36.4 Å². The maximum atomic E-state index is 12.3. The largest absolute Gasteiger partial charge is 0.423 e. The van der Waals surface area contributed by atoms with Crippen LogP contribution in [0, 0.1) is 5.41 Å². The van der Waals surface area contributed by atoms with Gasteiger partial charge in [0.25, 0.3) is 0 Å². The van der Waals surface area contributed by atoms with Gasteiger partial charge in [-0.1, -0.05) is 12.1 Å². The maximum Gasteiger partial charge on any atom is 0.343 e. The number of hydrogen-bond acceptors (Lipinski definition) is 5. The molecular weight excluding hydrogens is 386 g/mol. The van der Waals surface area contributed by atoms with Gasteiger partial charge in [-0.25, -0.2) is 4.79 Å². The number of carbonyl (C=O) groups excluding carboxylic acids is 3. The SMILES string of the molecule is N=C(N)Nc1ccc(C(=O)Oc2ccc(CCN3C(=O)CCC3C(N)=O)cc2)cc1. The summed E-state index contributed by atoms with van der Waals surface area (Å²) in [5.74, 6) is -0.849. The average Bonchev–Trinajstić information content (AvgIpc) is 3.08. The number of esters is 1. The van der Waals surface area contributed by atoms with Crippen LogP contribution in [0.25, 0.3) is 0 Å². The molecule has 0 spiro atoms. The van der Waals surface area contributed by atoms with Gasteiger partial charge in [-0.3, -0.25) is 15.0 Å². The van der Waals surface area contributed by atoms with Crippen LogP contribution in [0.3, 0.4) is 0 Å². The van der Waals surface area contributed by atoms with Crippen molar-refractivity contribution in [1.82, 2.24) is 4.90 Å². The fourth-order valence-corrected chi connectivity index (χ4v) is 3.29. The zero-order chi connectivity index (χ0) is 21.7. The lowest BCUT2D eigenvalue weighted by Crippen LogP contribution is -2.43. The number of amides is 2. The van der Waals surface area contributed by atoms with Crippen molar-refractivity contribution in [3.05, 3.63) is 59.7 Å². The third-order valence-corrected chi connectivity index (χ3v) is 4.83. The highest BCUT2D eigenvalue weighted by Crippen LogP contribution is 2.20. The number of likely N-dealkylation sites (tertiary alicyclic amines) is 1. The van der Waals surface area contributed by atoms with Gasteiger partial charge >= 0.3 is 5.97 Å². The summed E-state index contributed by atoms with van der Waals surface area (Å²) in [7, 11) is 0. The molecule has 30 heavy (non-hydrogen) atoms. The van der Waals surface area contributed by atoms with Crippen molar-refractivity contribution in [2.75, 3.05) is 11.9 Å². The quantitative estimate of drug-likeness (QED) is 0.234. The third kappa shape index (κ3) is 5.13. The van der Waals surface area contributed by atoms with Gasteiger partial charge in [0.1, 0.15) is 11.8 Å². The Hall–Kier alpha value is -3.88. The molecule has 1 fully saturated rings. The second kappa shape index (κ2) is 9.08. The monoisotopic (exact) mass is 409 g/mol. The Balaban J connectivity index is 1.55. The van der Waals surface area contributed by atoms with E-state index in [4.69, 9.17) is 21.6 Å². The lowest BCUT2D eigenvalue weighted by molar-refractivity contribution is -0.133. The summed E-state index contributed by atoms with van der Waals surface area (Å²) in [6, 6.07) is 12.8. The molecule has 0 aromatic heterocycles. The van der Waals surface area contributed by atoms with E-state index in [-0.39, 0.29) is 11.9 Å². The predicted octanol–water partition coefficient (Wildman–Crippen LogP) is 1.23. The van der Waals surface area contributed by atoms with Crippen molar-refractivity contribution in [3.63, 3.8) is 0 Å². The molecule has 0 bridgehead atoms. The topological polar surface area (TPSA) is 152 Å². The first-order valence-corrected chi connectivity index (χ1v) is 9.44. The lowest BCUT2D eigenvalue weighted by atomic mass is 10.1. The molecule has 0 aliphatic carbocycles. The number of rotatable bonds is 7. The first-order valence-electron chi connectivity index (χ1n) is 9.44. The van der Waals surface area contributed by atoms with Gasteiger partial charge in [0.15, 0.2) is 5.96 Å². The second-order valence-electron chi connectivity index (χ2n) is 6.94. The Morgan fingerprint density at radius 2 is 1.77 bits per heavy atom. The molecule has 1 saturated heterocycles. The molecule has 1 aliphatic heterocycles. The van der Waals surface area contributed by atoms with E-state index in [0.29, 0.717) is 42.8 Å². The van der Waals surface area contributed by atoms with Crippen LogP contribution >= 0.6 is 0 Å². The molecule has 6 N–H and O–H groups in total. The third-order valence-electron chi connectivity index (χ3n) is 4.83. The van der Waals surface area contributed by atoms with E-state index in [2.05, 4.69) is 5.32 Å². The maximum absolute atomic E-state index is 12.3. The summed E-state index contributed by atoms with van der Waals surface area (Å²) in [5, 5.41) is 9.82. The van der Waals surface area contributed by atoms with E-state index < -0.39 is 17.9 Å². The summed E-state index contributed by atoms with van der Waals surface area (Å²) in [4.78, 5) is 37.2. The summed E-state index contributed by atoms with van der Waals surface area (Å²) in [6.07, 6.45) is 1.37. The number of guanidine groups is 1. The molecular formula is C21H23N5O4. The van der Waals surface area contributed by atoms with Gasteiger partial charge in [-0.05, 0) is 54.8 Å².